The predicted octanol–water partition coefficient (Wildman–Crippen LogP) is 3.15. The molecule has 3 unspecified atom stereocenters. The van der Waals surface area contributed by atoms with E-state index in [1.54, 1.807) is 7.11 Å². The van der Waals surface area contributed by atoms with Gasteiger partial charge in [0.2, 0.25) is 0 Å². The normalized spacial score (nSPS) is 33.4. The summed E-state index contributed by atoms with van der Waals surface area (Å²) in [6.45, 7) is 5.25. The van der Waals surface area contributed by atoms with Crippen LogP contribution in [0.5, 0.6) is 0 Å². The zero-order valence-electron chi connectivity index (χ0n) is 11.5. The molecule has 0 spiro atoms. The van der Waals surface area contributed by atoms with Crippen molar-refractivity contribution < 1.29 is 9.13 Å². The molecule has 0 radical (unpaired) electrons. The Morgan fingerprint density at radius 2 is 1.82 bits per heavy atom. The first-order valence-corrected chi connectivity index (χ1v) is 6.89. The molecule has 1 rings (SSSR count). The third-order valence-electron chi connectivity index (χ3n) is 4.09. The molecule has 1 aliphatic carbocycles. The van der Waals surface area contributed by atoms with Gasteiger partial charge >= 0.3 is 0 Å². The van der Waals surface area contributed by atoms with Crippen LogP contribution in [0.1, 0.15) is 46.0 Å². The third-order valence-corrected chi connectivity index (χ3v) is 4.09. The highest BCUT2D eigenvalue weighted by molar-refractivity contribution is 4.91. The standard InChI is InChI=1S/C14H28FNO/c1-11-7-12(2)9-13(8-11)14(15,10-17-3)5-4-6-16/h11-13H,4-10,16H2,1-3H3. The van der Waals surface area contributed by atoms with Gasteiger partial charge in [-0.15, -0.1) is 0 Å². The van der Waals surface area contributed by atoms with Crippen molar-refractivity contribution in [3.8, 4) is 0 Å². The van der Waals surface area contributed by atoms with Crippen molar-refractivity contribution in [3.05, 3.63) is 0 Å². The predicted molar refractivity (Wildman–Crippen MR) is 69.7 cm³/mol. The minimum absolute atomic E-state index is 0.146. The number of ether oxygens (including phenoxy) is 1. The van der Waals surface area contributed by atoms with Crippen LogP contribution in [0.15, 0.2) is 0 Å². The Hall–Kier alpha value is -0.150. The number of rotatable bonds is 6. The minimum atomic E-state index is -1.17. The summed E-state index contributed by atoms with van der Waals surface area (Å²) in [6.07, 6.45) is 4.51. The van der Waals surface area contributed by atoms with Gasteiger partial charge in [-0.2, -0.15) is 0 Å². The molecule has 0 heterocycles. The van der Waals surface area contributed by atoms with Crippen LogP contribution in [0.3, 0.4) is 0 Å². The fraction of sp³-hybridized carbons (Fsp3) is 1.00. The van der Waals surface area contributed by atoms with E-state index in [1.807, 2.05) is 0 Å². The lowest BCUT2D eigenvalue weighted by molar-refractivity contribution is -0.0386. The van der Waals surface area contributed by atoms with E-state index >= 15 is 4.39 Å². The van der Waals surface area contributed by atoms with Crippen LogP contribution in [0, 0.1) is 17.8 Å². The SMILES string of the molecule is COCC(F)(CCCN)C1CC(C)CC(C)C1. The molecule has 17 heavy (non-hydrogen) atoms. The Morgan fingerprint density at radius 1 is 1.24 bits per heavy atom. The highest BCUT2D eigenvalue weighted by atomic mass is 19.1. The smallest absolute Gasteiger partial charge is 0.137 e. The van der Waals surface area contributed by atoms with E-state index in [2.05, 4.69) is 13.8 Å². The Balaban J connectivity index is 2.67. The largest absolute Gasteiger partial charge is 0.381 e. The van der Waals surface area contributed by atoms with E-state index < -0.39 is 5.67 Å². The summed E-state index contributed by atoms with van der Waals surface area (Å²) in [5.74, 6) is 1.41. The van der Waals surface area contributed by atoms with Crippen LogP contribution >= 0.6 is 0 Å². The van der Waals surface area contributed by atoms with Crippen molar-refractivity contribution in [2.75, 3.05) is 20.3 Å². The van der Waals surface area contributed by atoms with Crippen molar-refractivity contribution in [3.63, 3.8) is 0 Å². The first kappa shape index (κ1) is 14.9. The van der Waals surface area contributed by atoms with E-state index in [1.165, 1.54) is 6.42 Å². The molecule has 1 fully saturated rings. The zero-order valence-corrected chi connectivity index (χ0v) is 11.5. The van der Waals surface area contributed by atoms with Crippen LogP contribution in [0.25, 0.3) is 0 Å². The maximum Gasteiger partial charge on any atom is 0.137 e. The summed E-state index contributed by atoms with van der Waals surface area (Å²) < 4.78 is 20.1. The van der Waals surface area contributed by atoms with Gasteiger partial charge in [0.15, 0.2) is 0 Å². The van der Waals surface area contributed by atoms with E-state index in [4.69, 9.17) is 10.5 Å². The Kier molecular flexibility index (Phi) is 5.87. The number of hydrogen-bond donors (Lipinski definition) is 1. The van der Waals surface area contributed by atoms with Crippen LogP contribution < -0.4 is 5.73 Å². The second-order valence-corrected chi connectivity index (χ2v) is 5.97. The van der Waals surface area contributed by atoms with Gasteiger partial charge in [0.1, 0.15) is 5.67 Å². The summed E-state index contributed by atoms with van der Waals surface area (Å²) >= 11 is 0. The second-order valence-electron chi connectivity index (χ2n) is 5.97. The van der Waals surface area contributed by atoms with Crippen molar-refractivity contribution in [1.29, 1.82) is 0 Å². The molecule has 0 aromatic carbocycles. The van der Waals surface area contributed by atoms with Crippen LogP contribution in [-0.4, -0.2) is 25.9 Å². The lowest BCUT2D eigenvalue weighted by Gasteiger charge is -2.40. The molecule has 3 atom stereocenters. The second kappa shape index (κ2) is 6.69. The van der Waals surface area contributed by atoms with Gasteiger partial charge in [0, 0.05) is 7.11 Å². The summed E-state index contributed by atoms with van der Waals surface area (Å²) in [5.41, 5.74) is 4.34. The molecule has 0 saturated heterocycles. The maximum absolute atomic E-state index is 15.0. The van der Waals surface area contributed by atoms with Gasteiger partial charge in [0.05, 0.1) is 6.61 Å². The molecular formula is C14H28FNO. The van der Waals surface area contributed by atoms with E-state index in [-0.39, 0.29) is 12.5 Å². The lowest BCUT2D eigenvalue weighted by atomic mass is 9.69. The first-order chi connectivity index (χ1) is 8.01. The van der Waals surface area contributed by atoms with Gasteiger partial charge in [-0.05, 0) is 56.4 Å². The maximum atomic E-state index is 15.0. The summed E-state index contributed by atoms with van der Waals surface area (Å²) in [4.78, 5) is 0. The lowest BCUT2D eigenvalue weighted by Crippen LogP contribution is -2.42. The molecule has 2 nitrogen and oxygen atoms in total. The molecule has 0 aromatic rings. The molecule has 2 N–H and O–H groups in total. The van der Waals surface area contributed by atoms with Crippen molar-refractivity contribution >= 4 is 0 Å². The Bertz CT molecular complexity index is 214. The van der Waals surface area contributed by atoms with Crippen LogP contribution in [0.4, 0.5) is 4.39 Å². The molecule has 3 heteroatoms. The average molecular weight is 245 g/mol. The highest BCUT2D eigenvalue weighted by Gasteiger charge is 2.41. The third kappa shape index (κ3) is 4.22. The fourth-order valence-electron chi connectivity index (χ4n) is 3.40. The monoisotopic (exact) mass is 245 g/mol. The average Bonchev–Trinajstić information content (AvgIpc) is 2.25. The van der Waals surface area contributed by atoms with E-state index in [0.29, 0.717) is 24.8 Å². The number of alkyl halides is 1. The summed E-state index contributed by atoms with van der Waals surface area (Å²) in [6, 6.07) is 0. The molecule has 102 valence electrons. The molecule has 0 aliphatic heterocycles. The van der Waals surface area contributed by atoms with Crippen LogP contribution in [0.2, 0.25) is 0 Å². The Morgan fingerprint density at radius 3 is 2.29 bits per heavy atom. The highest BCUT2D eigenvalue weighted by Crippen LogP contribution is 2.42. The van der Waals surface area contributed by atoms with Crippen molar-refractivity contribution in [2.45, 2.75) is 51.6 Å². The molecule has 1 saturated carbocycles. The minimum Gasteiger partial charge on any atom is -0.381 e. The first-order valence-electron chi connectivity index (χ1n) is 6.89. The fourth-order valence-corrected chi connectivity index (χ4v) is 3.40. The number of halogens is 1. The zero-order chi connectivity index (χ0) is 12.9. The quantitative estimate of drug-likeness (QED) is 0.780. The topological polar surface area (TPSA) is 35.2 Å². The molecule has 0 aromatic heterocycles. The molecule has 0 amide bonds. The number of nitrogens with two attached hydrogens (primary N) is 1. The van der Waals surface area contributed by atoms with Crippen molar-refractivity contribution in [1.82, 2.24) is 0 Å². The number of hydrogen-bond acceptors (Lipinski definition) is 2. The van der Waals surface area contributed by atoms with Gasteiger partial charge in [0.25, 0.3) is 0 Å². The summed E-state index contributed by atoms with van der Waals surface area (Å²) in [5, 5.41) is 0. The van der Waals surface area contributed by atoms with Gasteiger partial charge in [-0.1, -0.05) is 13.8 Å². The van der Waals surface area contributed by atoms with E-state index in [9.17, 15) is 0 Å². The van der Waals surface area contributed by atoms with Crippen LogP contribution in [-0.2, 0) is 4.74 Å². The molecule has 1 aliphatic rings. The summed E-state index contributed by atoms with van der Waals surface area (Å²) in [7, 11) is 1.59. The molecular weight excluding hydrogens is 217 g/mol. The van der Waals surface area contributed by atoms with Gasteiger partial charge in [-0.3, -0.25) is 0 Å². The van der Waals surface area contributed by atoms with Crippen molar-refractivity contribution in [2.24, 2.45) is 23.5 Å². The van der Waals surface area contributed by atoms with E-state index in [0.717, 1.165) is 19.3 Å². The number of methoxy groups -OCH3 is 1. The Labute approximate surface area is 105 Å². The molecule has 0 bridgehead atoms. The van der Waals surface area contributed by atoms with Gasteiger partial charge < -0.3 is 10.5 Å². The van der Waals surface area contributed by atoms with Gasteiger partial charge in [-0.25, -0.2) is 4.39 Å².